The van der Waals surface area contributed by atoms with Gasteiger partial charge in [0.25, 0.3) is 0 Å². The molecule has 0 amide bonds. The van der Waals surface area contributed by atoms with Crippen molar-refractivity contribution < 1.29 is 24.8 Å². The Morgan fingerprint density at radius 2 is 1.63 bits per heavy atom. The van der Waals surface area contributed by atoms with Crippen molar-refractivity contribution in [3.63, 3.8) is 0 Å². The van der Waals surface area contributed by atoms with Crippen LogP contribution in [-0.4, -0.2) is 39.2 Å². The van der Waals surface area contributed by atoms with Crippen LogP contribution < -0.4 is 0 Å². The van der Waals surface area contributed by atoms with Gasteiger partial charge in [-0.1, -0.05) is 37.3 Å². The summed E-state index contributed by atoms with van der Waals surface area (Å²) in [7, 11) is 0. The van der Waals surface area contributed by atoms with Gasteiger partial charge in [-0.3, -0.25) is 0 Å². The molecule has 1 fully saturated rings. The Morgan fingerprint density at radius 1 is 1.00 bits per heavy atom. The fourth-order valence-electron chi connectivity index (χ4n) is 3.98. The van der Waals surface area contributed by atoms with Crippen molar-refractivity contribution in [2.45, 2.75) is 50.4 Å². The minimum atomic E-state index is -1.63. The summed E-state index contributed by atoms with van der Waals surface area (Å²) in [5, 5.41) is 40.5. The number of hydrogen-bond donors (Lipinski definition) is 4. The van der Waals surface area contributed by atoms with Crippen molar-refractivity contribution >= 4 is 0 Å². The van der Waals surface area contributed by atoms with Gasteiger partial charge in [-0.15, -0.1) is 0 Å². The zero-order chi connectivity index (χ0) is 19.6. The maximum atomic E-state index is 14.5. The molecule has 146 valence electrons. The second-order valence-corrected chi connectivity index (χ2v) is 7.60. The smallest absolute Gasteiger partial charge is 0.129 e. The molecule has 27 heavy (non-hydrogen) atoms. The molecule has 0 saturated heterocycles. The summed E-state index contributed by atoms with van der Waals surface area (Å²) in [6.07, 6.45) is -0.955. The summed E-state index contributed by atoms with van der Waals surface area (Å²) >= 11 is 0. The van der Waals surface area contributed by atoms with Crippen molar-refractivity contribution in [2.24, 2.45) is 5.92 Å². The molecular weight excluding hydrogens is 347 g/mol. The predicted molar refractivity (Wildman–Crippen MR) is 101 cm³/mol. The topological polar surface area (TPSA) is 80.9 Å². The zero-order valence-corrected chi connectivity index (χ0v) is 15.5. The lowest BCUT2D eigenvalue weighted by Gasteiger charge is -2.42. The molecule has 4 atom stereocenters. The van der Waals surface area contributed by atoms with Gasteiger partial charge in [-0.05, 0) is 48.1 Å². The van der Waals surface area contributed by atoms with Crippen LogP contribution in [-0.2, 0) is 18.4 Å². The number of rotatable bonds is 5. The molecule has 2 aromatic rings. The van der Waals surface area contributed by atoms with Gasteiger partial charge >= 0.3 is 0 Å². The molecule has 4 nitrogen and oxygen atoms in total. The molecule has 0 spiro atoms. The van der Waals surface area contributed by atoms with Crippen LogP contribution in [0.3, 0.4) is 0 Å². The fraction of sp³-hybridized carbons (Fsp3) is 0.455. The molecule has 3 rings (SSSR count). The highest BCUT2D eigenvalue weighted by Crippen LogP contribution is 2.41. The van der Waals surface area contributed by atoms with E-state index in [0.717, 1.165) is 17.5 Å². The van der Waals surface area contributed by atoms with Crippen LogP contribution >= 0.6 is 0 Å². The van der Waals surface area contributed by atoms with Crippen LogP contribution in [0.2, 0.25) is 0 Å². The summed E-state index contributed by atoms with van der Waals surface area (Å²) in [6, 6.07) is 12.9. The molecule has 0 aromatic heterocycles. The lowest BCUT2D eigenvalue weighted by molar-refractivity contribution is -0.141. The molecule has 5 heteroatoms. The minimum Gasteiger partial charge on any atom is -0.396 e. The van der Waals surface area contributed by atoms with E-state index in [0.29, 0.717) is 6.42 Å². The van der Waals surface area contributed by atoms with E-state index in [-0.39, 0.29) is 25.0 Å². The largest absolute Gasteiger partial charge is 0.396 e. The molecule has 0 heterocycles. The summed E-state index contributed by atoms with van der Waals surface area (Å²) in [4.78, 5) is 0. The van der Waals surface area contributed by atoms with Gasteiger partial charge in [0.15, 0.2) is 0 Å². The molecular formula is C22H27FO4. The molecule has 0 bridgehead atoms. The average molecular weight is 374 g/mol. The summed E-state index contributed by atoms with van der Waals surface area (Å²) in [5.74, 6) is -1.26. The Hall–Kier alpha value is -1.79. The van der Waals surface area contributed by atoms with E-state index in [2.05, 4.69) is 19.1 Å². The van der Waals surface area contributed by atoms with Crippen LogP contribution in [0.15, 0.2) is 42.5 Å². The predicted octanol–water partition coefficient (Wildman–Crippen LogP) is 2.29. The lowest BCUT2D eigenvalue weighted by Crippen LogP contribution is -2.49. The molecule has 1 aliphatic carbocycles. The van der Waals surface area contributed by atoms with Crippen LogP contribution in [0.1, 0.15) is 42.0 Å². The molecule has 0 aliphatic heterocycles. The molecule has 0 unspecified atom stereocenters. The van der Waals surface area contributed by atoms with Crippen molar-refractivity contribution in [2.75, 3.05) is 6.61 Å². The van der Waals surface area contributed by atoms with Crippen LogP contribution in [0.5, 0.6) is 0 Å². The third kappa shape index (κ3) is 4.22. The van der Waals surface area contributed by atoms with E-state index >= 15 is 0 Å². The number of aliphatic hydroxyl groups is 4. The van der Waals surface area contributed by atoms with E-state index in [1.54, 1.807) is 12.1 Å². The fourth-order valence-corrected chi connectivity index (χ4v) is 3.98. The van der Waals surface area contributed by atoms with Crippen LogP contribution in [0.4, 0.5) is 4.39 Å². The first-order valence-electron chi connectivity index (χ1n) is 9.42. The van der Waals surface area contributed by atoms with E-state index < -0.39 is 29.5 Å². The third-order valence-electron chi connectivity index (χ3n) is 5.63. The van der Waals surface area contributed by atoms with Crippen LogP contribution in [0, 0.1) is 11.7 Å². The second-order valence-electron chi connectivity index (χ2n) is 7.60. The number of aryl methyl sites for hydroxylation is 1. The lowest BCUT2D eigenvalue weighted by atomic mass is 9.71. The second kappa shape index (κ2) is 8.07. The van der Waals surface area contributed by atoms with Gasteiger partial charge in [0, 0.05) is 24.5 Å². The summed E-state index contributed by atoms with van der Waals surface area (Å²) in [6.45, 7) is 1.71. The third-order valence-corrected chi connectivity index (χ3v) is 5.63. The molecule has 1 aliphatic rings. The average Bonchev–Trinajstić information content (AvgIpc) is 2.66. The summed E-state index contributed by atoms with van der Waals surface area (Å²) < 4.78 is 14.5. The van der Waals surface area contributed by atoms with Crippen molar-refractivity contribution in [3.05, 3.63) is 70.5 Å². The Morgan fingerprint density at radius 3 is 2.26 bits per heavy atom. The van der Waals surface area contributed by atoms with Crippen molar-refractivity contribution in [3.8, 4) is 0 Å². The Labute approximate surface area is 158 Å². The standard InChI is InChI=1S/C22H27FO4/c1-2-14-3-5-15(6-4-14)9-16-7-8-19(23)18(10-16)22(27)11-17(13-24)21(26)20(25)12-22/h3-8,10,17,20-21,24-27H,2,9,11-13H2,1H3/t17-,20-,21-,22-/m1/s1. The highest BCUT2D eigenvalue weighted by molar-refractivity contribution is 5.35. The van der Waals surface area contributed by atoms with Crippen molar-refractivity contribution in [1.82, 2.24) is 0 Å². The quantitative estimate of drug-likeness (QED) is 0.647. The Bertz CT molecular complexity index is 776. The van der Waals surface area contributed by atoms with E-state index in [9.17, 15) is 24.8 Å². The van der Waals surface area contributed by atoms with Gasteiger partial charge in [0.05, 0.1) is 17.8 Å². The molecule has 2 aromatic carbocycles. The molecule has 0 radical (unpaired) electrons. The zero-order valence-electron chi connectivity index (χ0n) is 15.5. The highest BCUT2D eigenvalue weighted by atomic mass is 19.1. The first-order valence-corrected chi connectivity index (χ1v) is 9.42. The minimum absolute atomic E-state index is 0.00665. The number of hydrogen-bond acceptors (Lipinski definition) is 4. The number of benzene rings is 2. The highest BCUT2D eigenvalue weighted by Gasteiger charge is 2.46. The normalized spacial score (nSPS) is 28.3. The molecule has 1 saturated carbocycles. The van der Waals surface area contributed by atoms with E-state index in [4.69, 9.17) is 0 Å². The first-order chi connectivity index (χ1) is 12.9. The number of halogens is 1. The monoisotopic (exact) mass is 374 g/mol. The Balaban J connectivity index is 1.88. The van der Waals surface area contributed by atoms with Gasteiger partial charge in [0.2, 0.25) is 0 Å². The van der Waals surface area contributed by atoms with Gasteiger partial charge in [0.1, 0.15) is 5.82 Å². The number of aliphatic hydroxyl groups excluding tert-OH is 3. The van der Waals surface area contributed by atoms with E-state index in [1.807, 2.05) is 12.1 Å². The van der Waals surface area contributed by atoms with E-state index in [1.165, 1.54) is 11.6 Å². The molecule has 4 N–H and O–H groups in total. The first kappa shape index (κ1) is 20.0. The van der Waals surface area contributed by atoms with Gasteiger partial charge < -0.3 is 20.4 Å². The SMILES string of the molecule is CCc1ccc(Cc2ccc(F)c([C@@]3(O)C[C@H](CO)[C@@H](O)[C@H](O)C3)c2)cc1. The maximum Gasteiger partial charge on any atom is 0.129 e. The van der Waals surface area contributed by atoms with Crippen LogP contribution in [0.25, 0.3) is 0 Å². The summed E-state index contributed by atoms with van der Waals surface area (Å²) in [5.41, 5.74) is 1.67. The Kier molecular flexibility index (Phi) is 5.96. The van der Waals surface area contributed by atoms with Gasteiger partial charge in [-0.2, -0.15) is 0 Å². The maximum absolute atomic E-state index is 14.5. The van der Waals surface area contributed by atoms with Crippen molar-refractivity contribution in [1.29, 1.82) is 0 Å². The van der Waals surface area contributed by atoms with Gasteiger partial charge in [-0.25, -0.2) is 4.39 Å².